The van der Waals surface area contributed by atoms with E-state index < -0.39 is 28.5 Å². The highest BCUT2D eigenvalue weighted by molar-refractivity contribution is 7.92. The Morgan fingerprint density at radius 3 is 2.23 bits per heavy atom. The molecule has 3 aromatic rings. The molecule has 1 atom stereocenters. The smallest absolute Gasteiger partial charge is 0.264 e. The fourth-order valence-electron chi connectivity index (χ4n) is 4.43. The van der Waals surface area contributed by atoms with E-state index in [1.807, 2.05) is 52.8 Å². The minimum atomic E-state index is -4.11. The lowest BCUT2D eigenvalue weighted by molar-refractivity contribution is -0.140. The van der Waals surface area contributed by atoms with Gasteiger partial charge in [0.05, 0.1) is 17.7 Å². The number of likely N-dealkylation sites (N-methyl/N-ethyl adjacent to an activating group) is 1. The van der Waals surface area contributed by atoms with Crippen molar-refractivity contribution >= 4 is 27.5 Å². The molecular formula is C31H39N3O5S. The third-order valence-electron chi connectivity index (χ3n) is 6.89. The molecule has 0 aliphatic rings. The molecule has 0 unspecified atom stereocenters. The van der Waals surface area contributed by atoms with Gasteiger partial charge in [-0.3, -0.25) is 13.9 Å². The highest BCUT2D eigenvalue weighted by Gasteiger charge is 2.33. The van der Waals surface area contributed by atoms with Gasteiger partial charge in [0.15, 0.2) is 0 Å². The zero-order valence-electron chi connectivity index (χ0n) is 24.1. The van der Waals surface area contributed by atoms with Crippen LogP contribution in [0.5, 0.6) is 5.75 Å². The van der Waals surface area contributed by atoms with Gasteiger partial charge in [-0.1, -0.05) is 42.8 Å². The number of nitrogens with zero attached hydrogens (tertiary/aromatic N) is 2. The van der Waals surface area contributed by atoms with Crippen molar-refractivity contribution < 1.29 is 22.7 Å². The number of hydrogen-bond donors (Lipinski definition) is 1. The summed E-state index contributed by atoms with van der Waals surface area (Å²) in [6.45, 7) is 9.41. The first-order chi connectivity index (χ1) is 19.0. The average molecular weight is 566 g/mol. The van der Waals surface area contributed by atoms with Gasteiger partial charge < -0.3 is 15.0 Å². The number of ether oxygens (including phenoxy) is 1. The summed E-state index contributed by atoms with van der Waals surface area (Å²) in [4.78, 5) is 28.7. The molecule has 0 bridgehead atoms. The van der Waals surface area contributed by atoms with Crippen LogP contribution in [0.4, 0.5) is 5.69 Å². The summed E-state index contributed by atoms with van der Waals surface area (Å²) < 4.78 is 34.4. The third-order valence-corrected chi connectivity index (χ3v) is 8.68. The van der Waals surface area contributed by atoms with Gasteiger partial charge in [0.2, 0.25) is 11.8 Å². The molecule has 8 nitrogen and oxygen atoms in total. The first-order valence-electron chi connectivity index (χ1n) is 13.4. The van der Waals surface area contributed by atoms with Crippen molar-refractivity contribution in [2.24, 2.45) is 0 Å². The predicted octanol–water partition coefficient (Wildman–Crippen LogP) is 4.76. The second-order valence-electron chi connectivity index (χ2n) is 9.79. The van der Waals surface area contributed by atoms with E-state index in [0.29, 0.717) is 24.4 Å². The summed E-state index contributed by atoms with van der Waals surface area (Å²) >= 11 is 0. The molecule has 214 valence electrons. The van der Waals surface area contributed by atoms with Crippen LogP contribution in [0, 0.1) is 20.8 Å². The Labute approximate surface area is 238 Å². The third kappa shape index (κ3) is 7.21. The molecule has 0 radical (unpaired) electrons. The topological polar surface area (TPSA) is 96.0 Å². The van der Waals surface area contributed by atoms with Gasteiger partial charge >= 0.3 is 0 Å². The number of benzene rings is 3. The molecule has 0 saturated heterocycles. The number of carbonyl (C=O) groups is 2. The van der Waals surface area contributed by atoms with E-state index in [-0.39, 0.29) is 17.3 Å². The van der Waals surface area contributed by atoms with E-state index in [2.05, 4.69) is 5.32 Å². The summed E-state index contributed by atoms with van der Waals surface area (Å²) in [5, 5.41) is 2.81. The Bertz CT molecular complexity index is 1440. The van der Waals surface area contributed by atoms with E-state index >= 15 is 0 Å². The highest BCUT2D eigenvalue weighted by atomic mass is 32.2. The molecule has 0 aliphatic heterocycles. The largest absolute Gasteiger partial charge is 0.497 e. The number of aryl methyl sites for hydroxylation is 3. The number of carbonyl (C=O) groups excluding carboxylic acids is 2. The molecule has 3 rings (SSSR count). The summed E-state index contributed by atoms with van der Waals surface area (Å²) in [5.74, 6) is -0.162. The number of anilines is 1. The minimum Gasteiger partial charge on any atom is -0.497 e. The van der Waals surface area contributed by atoms with Crippen molar-refractivity contribution in [3.05, 3.63) is 89.0 Å². The second kappa shape index (κ2) is 13.5. The number of nitrogens with one attached hydrogen (secondary N) is 1. The maximum absolute atomic E-state index is 14.1. The molecule has 3 aromatic carbocycles. The lowest BCUT2D eigenvalue weighted by Gasteiger charge is -2.33. The fourth-order valence-corrected chi connectivity index (χ4v) is 5.83. The number of amides is 2. The quantitative estimate of drug-likeness (QED) is 0.342. The highest BCUT2D eigenvalue weighted by Crippen LogP contribution is 2.27. The number of sulfonamides is 1. The molecule has 2 amide bonds. The summed E-state index contributed by atoms with van der Waals surface area (Å²) in [5.41, 5.74) is 3.96. The van der Waals surface area contributed by atoms with Crippen LogP contribution in [0.15, 0.2) is 71.6 Å². The zero-order valence-corrected chi connectivity index (χ0v) is 24.9. The van der Waals surface area contributed by atoms with Gasteiger partial charge in [0.1, 0.15) is 18.3 Å². The molecule has 40 heavy (non-hydrogen) atoms. The molecule has 1 N–H and O–H groups in total. The molecule has 0 saturated carbocycles. The van der Waals surface area contributed by atoms with Crippen LogP contribution in [0.25, 0.3) is 0 Å². The summed E-state index contributed by atoms with van der Waals surface area (Å²) in [6, 6.07) is 18.3. The number of methoxy groups -OCH3 is 1. The van der Waals surface area contributed by atoms with Crippen LogP contribution in [0.2, 0.25) is 0 Å². The van der Waals surface area contributed by atoms with Crippen LogP contribution < -0.4 is 14.4 Å². The van der Waals surface area contributed by atoms with Crippen molar-refractivity contribution in [1.29, 1.82) is 0 Å². The number of hydrogen-bond acceptors (Lipinski definition) is 5. The first-order valence-corrected chi connectivity index (χ1v) is 14.8. The van der Waals surface area contributed by atoms with Gasteiger partial charge in [-0.15, -0.1) is 0 Å². The molecule has 0 spiro atoms. The van der Waals surface area contributed by atoms with Crippen molar-refractivity contribution in [3.8, 4) is 5.75 Å². The van der Waals surface area contributed by atoms with Crippen LogP contribution >= 0.6 is 0 Å². The molecule has 9 heteroatoms. The van der Waals surface area contributed by atoms with E-state index in [1.165, 1.54) is 4.90 Å². The Morgan fingerprint density at radius 2 is 1.62 bits per heavy atom. The predicted molar refractivity (Wildman–Crippen MR) is 158 cm³/mol. The SMILES string of the molecule is CCNC(=O)[C@@H](CC)N(Cc1cccc(OC)c1)C(=O)CN(c1ccc(C)c(C)c1)S(=O)(=O)c1ccc(C)cc1. The zero-order chi connectivity index (χ0) is 29.4. The summed E-state index contributed by atoms with van der Waals surface area (Å²) in [6.07, 6.45) is 0.357. The Kier molecular flexibility index (Phi) is 10.3. The van der Waals surface area contributed by atoms with E-state index in [4.69, 9.17) is 4.74 Å². The minimum absolute atomic E-state index is 0.0826. The second-order valence-corrected chi connectivity index (χ2v) is 11.6. The Balaban J connectivity index is 2.09. The number of rotatable bonds is 12. The average Bonchev–Trinajstić information content (AvgIpc) is 2.93. The molecular weight excluding hydrogens is 526 g/mol. The summed E-state index contributed by atoms with van der Waals surface area (Å²) in [7, 11) is -2.55. The van der Waals surface area contributed by atoms with Gasteiger partial charge in [0.25, 0.3) is 10.0 Å². The lowest BCUT2D eigenvalue weighted by Crippen LogP contribution is -2.52. The van der Waals surface area contributed by atoms with Crippen molar-refractivity contribution in [3.63, 3.8) is 0 Å². The van der Waals surface area contributed by atoms with Gasteiger partial charge in [-0.25, -0.2) is 8.42 Å². The Morgan fingerprint density at radius 1 is 0.925 bits per heavy atom. The van der Waals surface area contributed by atoms with E-state index in [9.17, 15) is 18.0 Å². The van der Waals surface area contributed by atoms with Crippen molar-refractivity contribution in [1.82, 2.24) is 10.2 Å². The van der Waals surface area contributed by atoms with Crippen LogP contribution in [-0.4, -0.2) is 51.4 Å². The molecule has 0 fully saturated rings. The lowest BCUT2D eigenvalue weighted by atomic mass is 10.1. The van der Waals surface area contributed by atoms with E-state index in [0.717, 1.165) is 26.6 Å². The molecule has 0 heterocycles. The van der Waals surface area contributed by atoms with Crippen LogP contribution in [0.3, 0.4) is 0 Å². The van der Waals surface area contributed by atoms with Crippen molar-refractivity contribution in [2.75, 3.05) is 24.5 Å². The van der Waals surface area contributed by atoms with Crippen LogP contribution in [-0.2, 0) is 26.2 Å². The normalized spacial score (nSPS) is 11.9. The first kappa shape index (κ1) is 30.7. The van der Waals surface area contributed by atoms with Gasteiger partial charge in [-0.05, 0) is 87.2 Å². The Hall–Kier alpha value is -3.85. The standard InChI is InChI=1S/C31H39N3O5S/c1-7-29(31(36)32-8-2)33(20-25-10-9-11-27(19-25)39-6)30(35)21-34(26-15-14-23(4)24(5)18-26)40(37,38)28-16-12-22(3)13-17-28/h9-19,29H,7-8,20-21H2,1-6H3,(H,32,36)/t29-/m1/s1. The fraction of sp³-hybridized carbons (Fsp3) is 0.355. The van der Waals surface area contributed by atoms with E-state index in [1.54, 1.807) is 55.6 Å². The van der Waals surface area contributed by atoms with Gasteiger partial charge in [-0.2, -0.15) is 0 Å². The monoisotopic (exact) mass is 565 g/mol. The maximum atomic E-state index is 14.1. The van der Waals surface area contributed by atoms with Gasteiger partial charge in [0, 0.05) is 13.1 Å². The molecule has 0 aromatic heterocycles. The van der Waals surface area contributed by atoms with Crippen molar-refractivity contribution in [2.45, 2.75) is 58.5 Å². The maximum Gasteiger partial charge on any atom is 0.264 e. The molecule has 0 aliphatic carbocycles. The van der Waals surface area contributed by atoms with Crippen LogP contribution in [0.1, 0.15) is 42.5 Å².